The van der Waals surface area contributed by atoms with Crippen molar-refractivity contribution in [1.82, 2.24) is 5.32 Å². The minimum Gasteiger partial charge on any atom is -0.497 e. The molecule has 6 heteroatoms. The number of fused-ring (bicyclic) bond motifs is 1. The van der Waals surface area contributed by atoms with Gasteiger partial charge in [-0.05, 0) is 48.9 Å². The van der Waals surface area contributed by atoms with Crippen LogP contribution in [0.2, 0.25) is 0 Å². The number of carbonyl (C=O) groups excluding carboxylic acids is 1. The van der Waals surface area contributed by atoms with Crippen LogP contribution in [0.15, 0.2) is 42.5 Å². The van der Waals surface area contributed by atoms with Crippen LogP contribution in [0, 0.1) is 0 Å². The van der Waals surface area contributed by atoms with Gasteiger partial charge in [-0.3, -0.25) is 4.79 Å². The first-order chi connectivity index (χ1) is 13.0. The van der Waals surface area contributed by atoms with Crippen molar-refractivity contribution in [3.05, 3.63) is 53.6 Å². The fourth-order valence-corrected chi connectivity index (χ4v) is 3.13. The largest absolute Gasteiger partial charge is 0.497 e. The summed E-state index contributed by atoms with van der Waals surface area (Å²) in [5.74, 6) is 2.35. The number of quaternary nitrogens is 1. The summed E-state index contributed by atoms with van der Waals surface area (Å²) in [6, 6.07) is 13.6. The predicted octanol–water partition coefficient (Wildman–Crippen LogP) is 1.36. The van der Waals surface area contributed by atoms with Crippen LogP contribution in [-0.4, -0.2) is 39.8 Å². The van der Waals surface area contributed by atoms with E-state index in [9.17, 15) is 4.79 Å². The second kappa shape index (κ2) is 8.77. The van der Waals surface area contributed by atoms with Crippen LogP contribution in [0.5, 0.6) is 17.2 Å². The number of hydrogen-bond acceptors (Lipinski definition) is 4. The smallest absolute Gasteiger partial charge is 0.275 e. The van der Waals surface area contributed by atoms with Crippen molar-refractivity contribution in [3.8, 4) is 17.2 Å². The van der Waals surface area contributed by atoms with Gasteiger partial charge in [-0.1, -0.05) is 6.07 Å². The molecule has 2 aromatic rings. The highest BCUT2D eigenvalue weighted by Gasteiger charge is 2.17. The van der Waals surface area contributed by atoms with Crippen LogP contribution in [0.1, 0.15) is 24.1 Å². The molecule has 144 valence electrons. The lowest BCUT2D eigenvalue weighted by Crippen LogP contribution is -3.08. The Kier molecular flexibility index (Phi) is 6.19. The zero-order valence-electron chi connectivity index (χ0n) is 16.1. The maximum atomic E-state index is 12.4. The number of benzene rings is 2. The summed E-state index contributed by atoms with van der Waals surface area (Å²) in [5.41, 5.74) is 2.17. The highest BCUT2D eigenvalue weighted by molar-refractivity contribution is 5.77. The zero-order valence-corrected chi connectivity index (χ0v) is 16.1. The molecule has 1 aliphatic heterocycles. The Morgan fingerprint density at radius 1 is 1.15 bits per heavy atom. The van der Waals surface area contributed by atoms with Gasteiger partial charge in [-0.2, -0.15) is 0 Å². The topological polar surface area (TPSA) is 61.2 Å². The number of likely N-dealkylation sites (N-methyl/N-ethyl adjacent to an activating group) is 1. The molecular formula is C21H27N2O4+. The molecule has 0 saturated heterocycles. The molecule has 0 fully saturated rings. The van der Waals surface area contributed by atoms with Crippen LogP contribution in [0.4, 0.5) is 0 Å². The van der Waals surface area contributed by atoms with Crippen LogP contribution in [-0.2, 0) is 11.3 Å². The fraction of sp³-hybridized carbons (Fsp3) is 0.381. The molecule has 1 unspecified atom stereocenters. The van der Waals surface area contributed by atoms with Gasteiger partial charge >= 0.3 is 0 Å². The van der Waals surface area contributed by atoms with E-state index in [4.69, 9.17) is 14.2 Å². The summed E-state index contributed by atoms with van der Waals surface area (Å²) in [6.45, 7) is 4.28. The van der Waals surface area contributed by atoms with Gasteiger partial charge < -0.3 is 24.4 Å². The number of amides is 1. The molecule has 1 heterocycles. The summed E-state index contributed by atoms with van der Waals surface area (Å²) < 4.78 is 16.3. The first-order valence-electron chi connectivity index (χ1n) is 9.18. The highest BCUT2D eigenvalue weighted by atomic mass is 16.6. The first kappa shape index (κ1) is 19.0. The van der Waals surface area contributed by atoms with E-state index in [2.05, 4.69) is 5.32 Å². The van der Waals surface area contributed by atoms with E-state index < -0.39 is 0 Å². The monoisotopic (exact) mass is 371 g/mol. The summed E-state index contributed by atoms with van der Waals surface area (Å²) >= 11 is 0. The summed E-state index contributed by atoms with van der Waals surface area (Å²) in [6.07, 6.45) is 0. The average molecular weight is 371 g/mol. The summed E-state index contributed by atoms with van der Waals surface area (Å²) in [7, 11) is 3.66. The van der Waals surface area contributed by atoms with Gasteiger partial charge in [0.25, 0.3) is 5.91 Å². The Morgan fingerprint density at radius 2 is 1.85 bits per heavy atom. The number of nitrogens with one attached hydrogen (secondary N) is 2. The molecule has 27 heavy (non-hydrogen) atoms. The molecule has 2 atom stereocenters. The van der Waals surface area contributed by atoms with Crippen molar-refractivity contribution < 1.29 is 23.9 Å². The Balaban J connectivity index is 1.51. The average Bonchev–Trinajstić information content (AvgIpc) is 2.68. The minimum absolute atomic E-state index is 0.0170. The number of hydrogen-bond donors (Lipinski definition) is 2. The summed E-state index contributed by atoms with van der Waals surface area (Å²) in [5, 5.41) is 3.06. The lowest BCUT2D eigenvalue weighted by atomic mass is 10.1. The van der Waals surface area contributed by atoms with Crippen LogP contribution >= 0.6 is 0 Å². The standard InChI is InChI=1S/C21H26N2O4/c1-15(17-6-9-19-20(12-17)27-11-10-26-19)22-21(24)14-23(2)13-16-4-7-18(25-3)8-5-16/h4-9,12,15H,10-11,13-14H2,1-3H3,(H,22,24)/p+1/t15-/m0/s1. The van der Waals surface area contributed by atoms with Gasteiger partial charge in [0, 0.05) is 5.56 Å². The third-order valence-electron chi connectivity index (χ3n) is 4.57. The molecular weight excluding hydrogens is 344 g/mol. The molecule has 2 aromatic carbocycles. The molecule has 0 aromatic heterocycles. The molecule has 6 nitrogen and oxygen atoms in total. The molecule has 2 N–H and O–H groups in total. The molecule has 0 radical (unpaired) electrons. The molecule has 0 saturated carbocycles. The zero-order chi connectivity index (χ0) is 19.2. The Morgan fingerprint density at radius 3 is 2.56 bits per heavy atom. The van der Waals surface area contributed by atoms with E-state index in [0.29, 0.717) is 19.8 Å². The highest BCUT2D eigenvalue weighted by Crippen LogP contribution is 2.32. The number of ether oxygens (including phenoxy) is 3. The van der Waals surface area contributed by atoms with E-state index in [-0.39, 0.29) is 11.9 Å². The minimum atomic E-state index is -0.0953. The maximum Gasteiger partial charge on any atom is 0.275 e. The second-order valence-corrected chi connectivity index (χ2v) is 6.85. The van der Waals surface area contributed by atoms with Crippen molar-refractivity contribution in [2.75, 3.05) is 33.9 Å². The normalized spacial score (nSPS) is 14.9. The SMILES string of the molecule is COc1ccc(C[NH+](C)CC(=O)N[C@@H](C)c2ccc3c(c2)OCCO3)cc1. The first-order valence-corrected chi connectivity index (χ1v) is 9.18. The molecule has 1 amide bonds. The number of rotatable bonds is 7. The number of carbonyl (C=O) groups is 1. The third kappa shape index (κ3) is 5.14. The van der Waals surface area contributed by atoms with Gasteiger partial charge in [0.05, 0.1) is 20.2 Å². The van der Waals surface area contributed by atoms with Crippen LogP contribution in [0.25, 0.3) is 0 Å². The van der Waals surface area contributed by atoms with Crippen molar-refractivity contribution in [2.45, 2.75) is 19.5 Å². The molecule has 0 aliphatic carbocycles. The predicted molar refractivity (Wildman–Crippen MR) is 102 cm³/mol. The maximum absolute atomic E-state index is 12.4. The van der Waals surface area contributed by atoms with Gasteiger partial charge in [0.15, 0.2) is 18.0 Å². The van der Waals surface area contributed by atoms with Crippen molar-refractivity contribution in [2.24, 2.45) is 0 Å². The summed E-state index contributed by atoms with van der Waals surface area (Å²) in [4.78, 5) is 13.5. The fourth-order valence-electron chi connectivity index (χ4n) is 3.13. The molecule has 0 spiro atoms. The number of methoxy groups -OCH3 is 1. The molecule has 0 bridgehead atoms. The van der Waals surface area contributed by atoms with Crippen LogP contribution < -0.4 is 24.4 Å². The van der Waals surface area contributed by atoms with Crippen molar-refractivity contribution >= 4 is 5.91 Å². The third-order valence-corrected chi connectivity index (χ3v) is 4.57. The quantitative estimate of drug-likeness (QED) is 0.772. The molecule has 1 aliphatic rings. The van der Waals surface area contributed by atoms with Gasteiger partial charge in [0.1, 0.15) is 25.5 Å². The van der Waals surface area contributed by atoms with Gasteiger partial charge in [0.2, 0.25) is 0 Å². The van der Waals surface area contributed by atoms with E-state index in [1.54, 1.807) is 7.11 Å². The Labute approximate surface area is 160 Å². The van der Waals surface area contributed by atoms with E-state index in [1.807, 2.05) is 56.4 Å². The lowest BCUT2D eigenvalue weighted by molar-refractivity contribution is -0.885. The lowest BCUT2D eigenvalue weighted by Gasteiger charge is -2.21. The van der Waals surface area contributed by atoms with E-state index >= 15 is 0 Å². The van der Waals surface area contributed by atoms with Crippen molar-refractivity contribution in [3.63, 3.8) is 0 Å². The van der Waals surface area contributed by atoms with E-state index in [1.165, 1.54) is 5.56 Å². The van der Waals surface area contributed by atoms with Crippen molar-refractivity contribution in [1.29, 1.82) is 0 Å². The van der Waals surface area contributed by atoms with Gasteiger partial charge in [-0.25, -0.2) is 0 Å². The molecule has 3 rings (SSSR count). The van der Waals surface area contributed by atoms with Gasteiger partial charge in [-0.15, -0.1) is 0 Å². The Hall–Kier alpha value is -2.73. The van der Waals surface area contributed by atoms with Crippen LogP contribution in [0.3, 0.4) is 0 Å². The Bertz CT molecular complexity index is 776. The van der Waals surface area contributed by atoms with E-state index in [0.717, 1.165) is 34.3 Å². The second-order valence-electron chi connectivity index (χ2n) is 6.85.